The minimum atomic E-state index is -4.57. The molecule has 32 heavy (non-hydrogen) atoms. The number of carboxylic acid groups (broad SMARTS) is 1. The average molecular weight is 508 g/mol. The molecule has 0 saturated heterocycles. The normalized spacial score (nSPS) is 19.2. The Morgan fingerprint density at radius 3 is 2.66 bits per heavy atom. The summed E-state index contributed by atoms with van der Waals surface area (Å²) in [5.74, 6) is -1.18. The topological polar surface area (TPSA) is 93.5 Å². The van der Waals surface area contributed by atoms with Crippen LogP contribution < -0.4 is 0 Å². The maximum absolute atomic E-state index is 13.0. The van der Waals surface area contributed by atoms with Crippen molar-refractivity contribution < 1.29 is 27.6 Å². The molecule has 0 aromatic carbocycles. The summed E-state index contributed by atoms with van der Waals surface area (Å²) in [6.45, 7) is 0. The van der Waals surface area contributed by atoms with Gasteiger partial charge in [-0.25, -0.2) is 4.98 Å². The second-order valence-electron chi connectivity index (χ2n) is 6.99. The van der Waals surface area contributed by atoms with Crippen LogP contribution in [0.5, 0.6) is 0 Å². The van der Waals surface area contributed by atoms with E-state index in [0.717, 1.165) is 16.7 Å². The van der Waals surface area contributed by atoms with E-state index >= 15 is 0 Å². The van der Waals surface area contributed by atoms with Crippen molar-refractivity contribution in [2.75, 3.05) is 0 Å². The van der Waals surface area contributed by atoms with Crippen molar-refractivity contribution >= 4 is 52.0 Å². The highest BCUT2D eigenvalue weighted by molar-refractivity contribution is 6.37. The Bertz CT molecular complexity index is 1270. The van der Waals surface area contributed by atoms with Crippen LogP contribution in [0.1, 0.15) is 24.2 Å². The highest BCUT2D eigenvalue weighted by Gasteiger charge is 2.32. The third kappa shape index (κ3) is 4.48. The molecule has 0 aliphatic heterocycles. The lowest BCUT2D eigenvalue weighted by atomic mass is 9.91. The molecule has 0 fully saturated rings. The molecule has 1 aliphatic carbocycles. The Balaban J connectivity index is 1.62. The maximum Gasteiger partial charge on any atom is 0.417 e. The molecular formula is C19H12Cl3F3N4O3. The van der Waals surface area contributed by atoms with Crippen molar-refractivity contribution in [3.8, 4) is 11.6 Å². The van der Waals surface area contributed by atoms with E-state index < -0.39 is 23.1 Å². The molecule has 0 bridgehead atoms. The van der Waals surface area contributed by atoms with Gasteiger partial charge in [0.15, 0.2) is 5.65 Å². The number of rotatable bonds is 5. The van der Waals surface area contributed by atoms with Gasteiger partial charge in [0.2, 0.25) is 5.82 Å². The fourth-order valence-corrected chi connectivity index (χ4v) is 4.09. The van der Waals surface area contributed by atoms with Gasteiger partial charge in [-0.05, 0) is 18.4 Å². The first-order valence-electron chi connectivity index (χ1n) is 9.08. The zero-order valence-corrected chi connectivity index (χ0v) is 18.0. The van der Waals surface area contributed by atoms with E-state index in [9.17, 15) is 18.0 Å². The first-order valence-corrected chi connectivity index (χ1v) is 10.3. The third-order valence-corrected chi connectivity index (χ3v) is 5.82. The van der Waals surface area contributed by atoms with Crippen LogP contribution in [0.2, 0.25) is 5.02 Å². The molecule has 0 spiro atoms. The highest BCUT2D eigenvalue weighted by atomic mass is 35.5. The number of fused-ring (bicyclic) bond motifs is 1. The van der Waals surface area contributed by atoms with Crippen LogP contribution in [0.15, 0.2) is 40.2 Å². The van der Waals surface area contributed by atoms with Crippen LogP contribution in [0.25, 0.3) is 22.8 Å². The van der Waals surface area contributed by atoms with Gasteiger partial charge in [0.25, 0.3) is 5.89 Å². The first kappa shape index (κ1) is 22.6. The number of pyridine rings is 1. The highest BCUT2D eigenvalue weighted by Crippen LogP contribution is 2.37. The second-order valence-corrected chi connectivity index (χ2v) is 8.31. The standard InChI is InChI=1S/C19H12Cl3F3N4O3/c20-11-5-10(12(21)3-8(11)1-2-15(30)31)16-27-18(32-28-16)14-7-29-6-9(19(23,24)25)4-13(22)17(29)26-14/h3-8,11H,1-2H2,(H,30,31). The molecule has 168 valence electrons. The largest absolute Gasteiger partial charge is 0.481 e. The van der Waals surface area contributed by atoms with Crippen molar-refractivity contribution in [2.45, 2.75) is 24.4 Å². The van der Waals surface area contributed by atoms with Gasteiger partial charge in [-0.15, -0.1) is 11.6 Å². The lowest BCUT2D eigenvalue weighted by molar-refractivity contribution is -0.138. The van der Waals surface area contributed by atoms with E-state index in [2.05, 4.69) is 15.1 Å². The number of aromatic nitrogens is 4. The van der Waals surface area contributed by atoms with Gasteiger partial charge in [-0.3, -0.25) is 4.79 Å². The van der Waals surface area contributed by atoms with E-state index in [-0.39, 0.29) is 45.4 Å². The van der Waals surface area contributed by atoms with Crippen LogP contribution in [0.3, 0.4) is 0 Å². The fraction of sp³-hybridized carbons (Fsp3) is 0.263. The third-order valence-electron chi connectivity index (χ3n) is 4.76. The van der Waals surface area contributed by atoms with Crippen LogP contribution in [-0.2, 0) is 11.0 Å². The Labute approximate surface area is 193 Å². The SMILES string of the molecule is O=C(O)CCC1C=C(Cl)C(c2noc(-c3cn4cc(C(F)(F)F)cc(Cl)c4n3)n2)=CC1Cl. The number of carboxylic acids is 1. The summed E-state index contributed by atoms with van der Waals surface area (Å²) < 4.78 is 45.4. The quantitative estimate of drug-likeness (QED) is 0.448. The summed E-state index contributed by atoms with van der Waals surface area (Å²) in [6, 6.07) is 0.783. The zero-order chi connectivity index (χ0) is 23.2. The lowest BCUT2D eigenvalue weighted by Crippen LogP contribution is -2.16. The molecular weight excluding hydrogens is 496 g/mol. The molecule has 13 heteroatoms. The van der Waals surface area contributed by atoms with Crippen molar-refractivity contribution in [1.82, 2.24) is 19.5 Å². The van der Waals surface area contributed by atoms with Gasteiger partial charge in [0, 0.05) is 29.4 Å². The molecule has 3 aromatic rings. The second kappa shape index (κ2) is 8.42. The van der Waals surface area contributed by atoms with Gasteiger partial charge in [-0.2, -0.15) is 18.2 Å². The molecule has 1 N–H and O–H groups in total. The summed E-state index contributed by atoms with van der Waals surface area (Å²) in [4.78, 5) is 19.2. The van der Waals surface area contributed by atoms with Gasteiger partial charge in [0.05, 0.1) is 16.0 Å². The Hall–Kier alpha value is -2.56. The van der Waals surface area contributed by atoms with Gasteiger partial charge in [0.1, 0.15) is 5.69 Å². The molecule has 7 nitrogen and oxygen atoms in total. The molecule has 0 saturated carbocycles. The molecule has 0 amide bonds. The minimum Gasteiger partial charge on any atom is -0.481 e. The predicted octanol–water partition coefficient (Wildman–Crippen LogP) is 5.66. The van der Waals surface area contributed by atoms with E-state index in [1.165, 1.54) is 6.20 Å². The number of carbonyl (C=O) groups is 1. The summed E-state index contributed by atoms with van der Waals surface area (Å²) in [5, 5.41) is 12.2. The van der Waals surface area contributed by atoms with Crippen LogP contribution in [-0.4, -0.2) is 36.0 Å². The molecule has 2 atom stereocenters. The fourth-order valence-electron chi connectivity index (χ4n) is 3.20. The molecule has 4 rings (SSSR count). The van der Waals surface area contributed by atoms with Gasteiger partial charge in [-0.1, -0.05) is 40.5 Å². The van der Waals surface area contributed by atoms with Crippen LogP contribution in [0, 0.1) is 5.92 Å². The van der Waals surface area contributed by atoms with Crippen molar-refractivity contribution in [3.63, 3.8) is 0 Å². The number of imidazole rings is 1. The number of allylic oxidation sites excluding steroid dienone is 4. The number of aliphatic carboxylic acids is 1. The van der Waals surface area contributed by atoms with Gasteiger partial charge >= 0.3 is 12.1 Å². The number of hydrogen-bond acceptors (Lipinski definition) is 5. The zero-order valence-electron chi connectivity index (χ0n) is 15.8. The van der Waals surface area contributed by atoms with Crippen molar-refractivity contribution in [1.29, 1.82) is 0 Å². The molecule has 3 heterocycles. The summed E-state index contributed by atoms with van der Waals surface area (Å²) in [7, 11) is 0. The van der Waals surface area contributed by atoms with E-state index in [1.807, 2.05) is 0 Å². The summed E-state index contributed by atoms with van der Waals surface area (Å²) in [5.41, 5.74) is -0.344. The first-order chi connectivity index (χ1) is 15.0. The molecule has 0 radical (unpaired) electrons. The minimum absolute atomic E-state index is 0.0576. The Morgan fingerprint density at radius 1 is 1.22 bits per heavy atom. The van der Waals surface area contributed by atoms with E-state index in [0.29, 0.717) is 12.0 Å². The van der Waals surface area contributed by atoms with Crippen LogP contribution in [0.4, 0.5) is 13.2 Å². The van der Waals surface area contributed by atoms with Crippen molar-refractivity contribution in [2.24, 2.45) is 5.92 Å². The van der Waals surface area contributed by atoms with Gasteiger partial charge < -0.3 is 14.0 Å². The number of alkyl halides is 4. The Morgan fingerprint density at radius 2 is 1.97 bits per heavy atom. The number of hydrogen-bond donors (Lipinski definition) is 1. The molecule has 1 aliphatic rings. The smallest absolute Gasteiger partial charge is 0.417 e. The lowest BCUT2D eigenvalue weighted by Gasteiger charge is -2.21. The number of halogens is 6. The predicted molar refractivity (Wildman–Crippen MR) is 110 cm³/mol. The molecule has 2 unspecified atom stereocenters. The summed E-state index contributed by atoms with van der Waals surface area (Å²) in [6.07, 6.45) is 1.05. The Kier molecular flexibility index (Phi) is 5.95. The van der Waals surface area contributed by atoms with E-state index in [4.69, 9.17) is 44.4 Å². The number of nitrogens with zero attached hydrogens (tertiary/aromatic N) is 4. The molecule has 3 aromatic heterocycles. The van der Waals surface area contributed by atoms with Crippen molar-refractivity contribution in [3.05, 3.63) is 52.1 Å². The maximum atomic E-state index is 13.0. The summed E-state index contributed by atoms with van der Waals surface area (Å²) >= 11 is 18.6. The van der Waals surface area contributed by atoms with Crippen LogP contribution >= 0.6 is 34.8 Å². The van der Waals surface area contributed by atoms with E-state index in [1.54, 1.807) is 12.2 Å². The monoisotopic (exact) mass is 506 g/mol. The average Bonchev–Trinajstić information content (AvgIpc) is 3.34.